The third-order valence-corrected chi connectivity index (χ3v) is 12.1. The Balaban J connectivity index is 2.38. The largest absolute Gasteiger partial charge is 0.756 e. The van der Waals surface area contributed by atoms with Gasteiger partial charge in [0.2, 0.25) is 0 Å². The van der Waals surface area contributed by atoms with Crippen LogP contribution in [-0.2, 0) is 32.7 Å². The summed E-state index contributed by atoms with van der Waals surface area (Å²) in [5.41, 5.74) is 0. The molecule has 0 bridgehead atoms. The Hall–Kier alpha value is -1.51. The lowest BCUT2D eigenvalue weighted by atomic mass is 10.1. The van der Waals surface area contributed by atoms with Crippen molar-refractivity contribution < 1.29 is 42.1 Å². The highest BCUT2D eigenvalue weighted by atomic mass is 31.2. The first-order chi connectivity index (χ1) is 27.6. The van der Waals surface area contributed by atoms with Crippen LogP contribution < -0.4 is 4.89 Å². The van der Waals surface area contributed by atoms with E-state index in [0.717, 1.165) is 94.6 Å². The van der Waals surface area contributed by atoms with E-state index < -0.39 is 32.6 Å². The molecule has 0 aromatic carbocycles. The standard InChI is InChI=1S/C47H88NO8P/c1-5-7-9-11-13-15-17-19-21-23-25-27-29-31-33-37-46(49)53-42-45(43-54-57(51,52)56-44-36-35-40-48(3,4)41-39-44)55-47(50)38-34-32-30-28-26-24-22-20-18-16-14-12-10-8-6-2/h19-22,44-45H,5-18,23-43H2,1-4H3/b21-19-,22-20-/t44?,45-/m1/s1. The molecule has 1 aliphatic rings. The lowest BCUT2D eigenvalue weighted by Gasteiger charge is -2.30. The average Bonchev–Trinajstić information content (AvgIpc) is 3.34. The number of carbonyl (C=O) groups excluding carboxylic acids is 2. The van der Waals surface area contributed by atoms with Gasteiger partial charge in [0, 0.05) is 19.3 Å². The molecule has 2 unspecified atom stereocenters. The Labute approximate surface area is 350 Å². The Morgan fingerprint density at radius 1 is 0.614 bits per heavy atom. The van der Waals surface area contributed by atoms with E-state index in [0.29, 0.717) is 19.3 Å². The lowest BCUT2D eigenvalue weighted by Crippen LogP contribution is -2.40. The third kappa shape index (κ3) is 35.0. The highest BCUT2D eigenvalue weighted by Crippen LogP contribution is 2.42. The van der Waals surface area contributed by atoms with E-state index in [9.17, 15) is 19.0 Å². The van der Waals surface area contributed by atoms with Crippen molar-refractivity contribution >= 4 is 19.8 Å². The van der Waals surface area contributed by atoms with Crippen LogP contribution in [0.25, 0.3) is 0 Å². The van der Waals surface area contributed by atoms with Crippen LogP contribution in [0.2, 0.25) is 0 Å². The van der Waals surface area contributed by atoms with Gasteiger partial charge in [-0.05, 0) is 77.0 Å². The molecular formula is C47H88NO8P. The van der Waals surface area contributed by atoms with Gasteiger partial charge in [0.1, 0.15) is 6.61 Å². The molecule has 57 heavy (non-hydrogen) atoms. The SMILES string of the molecule is CCCCCCCC/C=C\CCCCCCCC(=O)OC[C@H](COP(=O)([O-])OC1CCC[N+](C)(C)CC1)OC(=O)CCCCCCC/C=C\CCCCCCCC. The number of likely N-dealkylation sites (tertiary alicyclic amines) is 1. The number of phosphoric ester groups is 1. The first-order valence-corrected chi connectivity index (χ1v) is 25.1. The van der Waals surface area contributed by atoms with E-state index in [1.165, 1.54) is 89.9 Å². The molecular weight excluding hydrogens is 737 g/mol. The van der Waals surface area contributed by atoms with Crippen molar-refractivity contribution in [2.75, 3.05) is 40.4 Å². The maximum absolute atomic E-state index is 12.8. The van der Waals surface area contributed by atoms with Crippen LogP contribution in [0.15, 0.2) is 24.3 Å². The Bertz CT molecular complexity index is 1080. The summed E-state index contributed by atoms with van der Waals surface area (Å²) in [6, 6.07) is 0. The first-order valence-electron chi connectivity index (χ1n) is 23.7. The smallest absolute Gasteiger partial charge is 0.306 e. The summed E-state index contributed by atoms with van der Waals surface area (Å²) >= 11 is 0. The molecule has 0 amide bonds. The Morgan fingerprint density at radius 2 is 1.05 bits per heavy atom. The molecule has 0 N–H and O–H groups in total. The van der Waals surface area contributed by atoms with E-state index >= 15 is 0 Å². The van der Waals surface area contributed by atoms with Gasteiger partial charge < -0.3 is 27.9 Å². The summed E-state index contributed by atoms with van der Waals surface area (Å²) in [6.07, 6.45) is 40.9. The van der Waals surface area contributed by atoms with Gasteiger partial charge in [0.05, 0.1) is 39.9 Å². The van der Waals surface area contributed by atoms with Crippen LogP contribution >= 0.6 is 7.82 Å². The minimum Gasteiger partial charge on any atom is -0.756 e. The van der Waals surface area contributed by atoms with Gasteiger partial charge in [-0.1, -0.05) is 141 Å². The van der Waals surface area contributed by atoms with Gasteiger partial charge >= 0.3 is 11.9 Å². The summed E-state index contributed by atoms with van der Waals surface area (Å²) < 4.78 is 35.4. The van der Waals surface area contributed by atoms with Crippen LogP contribution in [0.5, 0.6) is 0 Å². The minimum absolute atomic E-state index is 0.221. The molecule has 3 atom stereocenters. The fraction of sp³-hybridized carbons (Fsp3) is 0.872. The summed E-state index contributed by atoms with van der Waals surface area (Å²) in [5.74, 6) is -0.827. The molecule has 10 heteroatoms. The summed E-state index contributed by atoms with van der Waals surface area (Å²) in [4.78, 5) is 38.2. The van der Waals surface area contributed by atoms with Crippen molar-refractivity contribution in [2.24, 2.45) is 0 Å². The van der Waals surface area contributed by atoms with Gasteiger partial charge in [-0.25, -0.2) is 0 Å². The van der Waals surface area contributed by atoms with E-state index in [1.807, 2.05) is 0 Å². The molecule has 0 saturated carbocycles. The van der Waals surface area contributed by atoms with Crippen LogP contribution in [-0.4, -0.2) is 69.0 Å². The number of nitrogens with zero attached hydrogens (tertiary/aromatic N) is 1. The van der Waals surface area contributed by atoms with Crippen molar-refractivity contribution in [1.82, 2.24) is 0 Å². The summed E-state index contributed by atoms with van der Waals surface area (Å²) in [6.45, 7) is 5.57. The monoisotopic (exact) mass is 826 g/mol. The predicted molar refractivity (Wildman–Crippen MR) is 234 cm³/mol. The van der Waals surface area contributed by atoms with Crippen molar-refractivity contribution in [2.45, 2.75) is 225 Å². The second-order valence-corrected chi connectivity index (χ2v) is 18.6. The number of allylic oxidation sites excluding steroid dienone is 4. The van der Waals surface area contributed by atoms with Gasteiger partial charge in [-0.2, -0.15) is 0 Å². The third-order valence-electron chi connectivity index (χ3n) is 11.1. The maximum atomic E-state index is 12.8. The number of quaternary nitrogens is 1. The Morgan fingerprint density at radius 3 is 1.54 bits per heavy atom. The molecule has 0 aromatic heterocycles. The normalized spacial score (nSPS) is 17.5. The lowest BCUT2D eigenvalue weighted by molar-refractivity contribution is -0.889. The topological polar surface area (TPSA) is 111 Å². The number of ether oxygens (including phenoxy) is 2. The average molecular weight is 826 g/mol. The number of esters is 2. The zero-order chi connectivity index (χ0) is 41.7. The Kier molecular flexibility index (Phi) is 34.1. The fourth-order valence-corrected chi connectivity index (χ4v) is 8.27. The van der Waals surface area contributed by atoms with Crippen LogP contribution in [0, 0.1) is 0 Å². The molecule has 334 valence electrons. The van der Waals surface area contributed by atoms with Gasteiger partial charge in [0.25, 0.3) is 7.82 Å². The van der Waals surface area contributed by atoms with Crippen molar-refractivity contribution in [1.29, 1.82) is 0 Å². The number of hydrogen-bond acceptors (Lipinski definition) is 8. The van der Waals surface area contributed by atoms with E-state index in [4.69, 9.17) is 18.5 Å². The van der Waals surface area contributed by atoms with Crippen molar-refractivity contribution in [3.8, 4) is 0 Å². The molecule has 0 radical (unpaired) electrons. The van der Waals surface area contributed by atoms with Gasteiger partial charge in [-0.15, -0.1) is 0 Å². The van der Waals surface area contributed by atoms with E-state index in [2.05, 4.69) is 52.2 Å². The first kappa shape index (κ1) is 53.5. The molecule has 1 fully saturated rings. The molecule has 1 saturated heterocycles. The number of phosphoric acid groups is 1. The maximum Gasteiger partial charge on any atom is 0.306 e. The number of unbranched alkanes of at least 4 members (excludes halogenated alkanes) is 22. The molecule has 0 aromatic rings. The molecule has 9 nitrogen and oxygen atoms in total. The van der Waals surface area contributed by atoms with E-state index in [-0.39, 0.29) is 25.4 Å². The van der Waals surface area contributed by atoms with Crippen molar-refractivity contribution in [3.63, 3.8) is 0 Å². The zero-order valence-corrected chi connectivity index (χ0v) is 38.3. The summed E-state index contributed by atoms with van der Waals surface area (Å²) in [5, 5.41) is 0. The number of rotatable bonds is 38. The van der Waals surface area contributed by atoms with Crippen molar-refractivity contribution in [3.05, 3.63) is 24.3 Å². The highest BCUT2D eigenvalue weighted by Gasteiger charge is 2.28. The van der Waals surface area contributed by atoms with Gasteiger partial charge in [-0.3, -0.25) is 14.2 Å². The number of hydrogen-bond donors (Lipinski definition) is 0. The number of carbonyl (C=O) groups is 2. The predicted octanol–water partition coefficient (Wildman–Crippen LogP) is 12.6. The molecule has 1 aliphatic heterocycles. The molecule has 1 heterocycles. The molecule has 0 spiro atoms. The minimum atomic E-state index is -4.66. The second kappa shape index (κ2) is 36.4. The van der Waals surface area contributed by atoms with E-state index in [1.54, 1.807) is 0 Å². The quantitative estimate of drug-likeness (QED) is 0.0199. The van der Waals surface area contributed by atoms with Crippen LogP contribution in [0.3, 0.4) is 0 Å². The van der Waals surface area contributed by atoms with Crippen LogP contribution in [0.4, 0.5) is 0 Å². The molecule has 1 rings (SSSR count). The highest BCUT2D eigenvalue weighted by molar-refractivity contribution is 7.45. The summed E-state index contributed by atoms with van der Waals surface area (Å²) in [7, 11) is -0.405. The molecule has 0 aliphatic carbocycles. The fourth-order valence-electron chi connectivity index (χ4n) is 7.29. The zero-order valence-electron chi connectivity index (χ0n) is 37.4. The van der Waals surface area contributed by atoms with Gasteiger partial charge in [0.15, 0.2) is 6.10 Å². The second-order valence-electron chi connectivity index (χ2n) is 17.2. The van der Waals surface area contributed by atoms with Crippen LogP contribution in [0.1, 0.15) is 213 Å².